The van der Waals surface area contributed by atoms with Gasteiger partial charge < -0.3 is 14.8 Å². The Kier molecular flexibility index (Phi) is 4.80. The monoisotopic (exact) mass is 263 g/mol. The Balaban J connectivity index is 1.97. The number of hydrogen-bond acceptors (Lipinski definition) is 3. The lowest BCUT2D eigenvalue weighted by Gasteiger charge is -2.25. The Labute approximate surface area is 114 Å². The van der Waals surface area contributed by atoms with Crippen LogP contribution < -0.4 is 10.1 Å². The topological polar surface area (TPSA) is 47.6 Å². The van der Waals surface area contributed by atoms with Gasteiger partial charge in [-0.1, -0.05) is 24.6 Å². The Bertz CT molecular complexity index is 429. The predicted octanol–water partition coefficient (Wildman–Crippen LogP) is 2.30. The smallest absolute Gasteiger partial charge is 0.223 e. The third-order valence-corrected chi connectivity index (χ3v) is 3.71. The van der Waals surface area contributed by atoms with Gasteiger partial charge in [0.15, 0.2) is 0 Å². The second-order valence-corrected chi connectivity index (χ2v) is 4.84. The fourth-order valence-electron chi connectivity index (χ4n) is 2.26. The van der Waals surface area contributed by atoms with E-state index in [2.05, 4.69) is 5.32 Å². The van der Waals surface area contributed by atoms with Crippen LogP contribution in [0, 0.1) is 5.92 Å². The molecule has 1 saturated carbocycles. The normalized spacial score (nSPS) is 16.5. The second-order valence-electron chi connectivity index (χ2n) is 4.84. The number of rotatable bonds is 6. The van der Waals surface area contributed by atoms with Crippen LogP contribution in [0.5, 0.6) is 5.75 Å². The summed E-state index contributed by atoms with van der Waals surface area (Å²) in [6, 6.07) is 7.72. The molecular formula is C15H21NO3. The molecule has 1 aromatic carbocycles. The SMILES string of the molecule is COc1ccccc1C(CNC(=O)C1CCC1)OC. The summed E-state index contributed by atoms with van der Waals surface area (Å²) >= 11 is 0. The van der Waals surface area contributed by atoms with E-state index < -0.39 is 0 Å². The molecule has 1 N–H and O–H groups in total. The first-order valence-electron chi connectivity index (χ1n) is 6.69. The van der Waals surface area contributed by atoms with Gasteiger partial charge in [0.2, 0.25) is 5.91 Å². The highest BCUT2D eigenvalue weighted by Crippen LogP contribution is 2.28. The van der Waals surface area contributed by atoms with Crippen molar-refractivity contribution >= 4 is 5.91 Å². The van der Waals surface area contributed by atoms with Crippen LogP contribution >= 0.6 is 0 Å². The van der Waals surface area contributed by atoms with Gasteiger partial charge in [0.1, 0.15) is 11.9 Å². The van der Waals surface area contributed by atoms with E-state index in [4.69, 9.17) is 9.47 Å². The molecule has 1 aliphatic rings. The summed E-state index contributed by atoms with van der Waals surface area (Å²) in [5.41, 5.74) is 0.960. The molecule has 0 aromatic heterocycles. The van der Waals surface area contributed by atoms with E-state index in [1.165, 1.54) is 0 Å². The van der Waals surface area contributed by atoms with Crippen molar-refractivity contribution in [2.24, 2.45) is 5.92 Å². The van der Waals surface area contributed by atoms with Gasteiger partial charge in [0.05, 0.1) is 7.11 Å². The van der Waals surface area contributed by atoms with Crippen LogP contribution in [0.4, 0.5) is 0 Å². The van der Waals surface area contributed by atoms with E-state index in [0.717, 1.165) is 30.6 Å². The Hall–Kier alpha value is -1.55. The van der Waals surface area contributed by atoms with Crippen molar-refractivity contribution in [3.63, 3.8) is 0 Å². The van der Waals surface area contributed by atoms with Gasteiger partial charge in [-0.05, 0) is 18.9 Å². The van der Waals surface area contributed by atoms with Crippen LogP contribution in [0.15, 0.2) is 24.3 Å². The molecule has 2 rings (SSSR count). The fraction of sp³-hybridized carbons (Fsp3) is 0.533. The molecule has 1 aromatic rings. The Morgan fingerprint density at radius 2 is 2.11 bits per heavy atom. The van der Waals surface area contributed by atoms with Crippen LogP contribution in [-0.2, 0) is 9.53 Å². The van der Waals surface area contributed by atoms with Gasteiger partial charge in [-0.15, -0.1) is 0 Å². The Morgan fingerprint density at radius 1 is 1.37 bits per heavy atom. The summed E-state index contributed by atoms with van der Waals surface area (Å²) in [6.07, 6.45) is 3.01. The summed E-state index contributed by atoms with van der Waals surface area (Å²) in [4.78, 5) is 11.8. The van der Waals surface area contributed by atoms with Gasteiger partial charge >= 0.3 is 0 Å². The lowest BCUT2D eigenvalue weighted by Crippen LogP contribution is -2.37. The quantitative estimate of drug-likeness (QED) is 0.856. The molecule has 0 spiro atoms. The highest BCUT2D eigenvalue weighted by molar-refractivity contribution is 5.79. The average Bonchev–Trinajstić information content (AvgIpc) is 2.38. The number of benzene rings is 1. The van der Waals surface area contributed by atoms with Crippen molar-refractivity contribution < 1.29 is 14.3 Å². The zero-order chi connectivity index (χ0) is 13.7. The third-order valence-electron chi connectivity index (χ3n) is 3.71. The molecule has 1 fully saturated rings. The first-order chi connectivity index (χ1) is 9.26. The lowest BCUT2D eigenvalue weighted by molar-refractivity contribution is -0.127. The molecule has 104 valence electrons. The molecule has 0 heterocycles. The van der Waals surface area contributed by atoms with E-state index in [-0.39, 0.29) is 17.9 Å². The minimum atomic E-state index is -0.180. The summed E-state index contributed by atoms with van der Waals surface area (Å²) in [6.45, 7) is 0.478. The zero-order valence-corrected chi connectivity index (χ0v) is 11.5. The number of carbonyl (C=O) groups excluding carboxylic acids is 1. The minimum Gasteiger partial charge on any atom is -0.496 e. The van der Waals surface area contributed by atoms with Gasteiger partial charge in [-0.3, -0.25) is 4.79 Å². The summed E-state index contributed by atoms with van der Waals surface area (Å²) in [5, 5.41) is 2.97. The molecule has 0 aliphatic heterocycles. The maximum absolute atomic E-state index is 11.8. The average molecular weight is 263 g/mol. The van der Waals surface area contributed by atoms with E-state index in [1.807, 2.05) is 24.3 Å². The third kappa shape index (κ3) is 3.26. The van der Waals surface area contributed by atoms with Gasteiger partial charge in [0.25, 0.3) is 0 Å². The number of methoxy groups -OCH3 is 2. The molecule has 1 aliphatic carbocycles. The molecule has 0 radical (unpaired) electrons. The summed E-state index contributed by atoms with van der Waals surface area (Å²) in [7, 11) is 3.28. The highest BCUT2D eigenvalue weighted by Gasteiger charge is 2.26. The molecule has 19 heavy (non-hydrogen) atoms. The van der Waals surface area contributed by atoms with Crippen molar-refractivity contribution in [3.05, 3.63) is 29.8 Å². The van der Waals surface area contributed by atoms with Gasteiger partial charge in [-0.2, -0.15) is 0 Å². The number of para-hydroxylation sites is 1. The lowest BCUT2D eigenvalue weighted by atomic mass is 9.85. The number of amides is 1. The van der Waals surface area contributed by atoms with Crippen molar-refractivity contribution in [2.45, 2.75) is 25.4 Å². The first-order valence-corrected chi connectivity index (χ1v) is 6.69. The largest absolute Gasteiger partial charge is 0.496 e. The molecule has 1 unspecified atom stereocenters. The molecular weight excluding hydrogens is 242 g/mol. The van der Waals surface area contributed by atoms with Gasteiger partial charge in [-0.25, -0.2) is 0 Å². The molecule has 4 nitrogen and oxygen atoms in total. The van der Waals surface area contributed by atoms with E-state index in [0.29, 0.717) is 6.54 Å². The van der Waals surface area contributed by atoms with E-state index in [1.54, 1.807) is 14.2 Å². The van der Waals surface area contributed by atoms with Crippen molar-refractivity contribution in [1.82, 2.24) is 5.32 Å². The first kappa shape index (κ1) is 13.9. The number of hydrogen-bond donors (Lipinski definition) is 1. The van der Waals surface area contributed by atoms with Gasteiger partial charge in [0, 0.05) is 25.1 Å². The number of carbonyl (C=O) groups is 1. The summed E-state index contributed by atoms with van der Waals surface area (Å²) in [5.74, 6) is 1.13. The Morgan fingerprint density at radius 3 is 2.68 bits per heavy atom. The minimum absolute atomic E-state index is 0.142. The molecule has 1 amide bonds. The molecule has 0 bridgehead atoms. The van der Waals surface area contributed by atoms with Crippen molar-refractivity contribution in [2.75, 3.05) is 20.8 Å². The maximum atomic E-state index is 11.8. The van der Waals surface area contributed by atoms with Crippen LogP contribution in [0.25, 0.3) is 0 Å². The fourth-order valence-corrected chi connectivity index (χ4v) is 2.26. The van der Waals surface area contributed by atoms with Crippen molar-refractivity contribution in [3.8, 4) is 5.75 Å². The van der Waals surface area contributed by atoms with Crippen LogP contribution in [-0.4, -0.2) is 26.7 Å². The number of ether oxygens (including phenoxy) is 2. The second kappa shape index (κ2) is 6.57. The van der Waals surface area contributed by atoms with E-state index >= 15 is 0 Å². The standard InChI is InChI=1S/C15H21NO3/c1-18-13-9-4-3-8-12(13)14(19-2)10-16-15(17)11-6-5-7-11/h3-4,8-9,11,14H,5-7,10H2,1-2H3,(H,16,17). The molecule has 4 heteroatoms. The highest BCUT2D eigenvalue weighted by atomic mass is 16.5. The van der Waals surface area contributed by atoms with Crippen LogP contribution in [0.1, 0.15) is 30.9 Å². The molecule has 1 atom stereocenters. The maximum Gasteiger partial charge on any atom is 0.223 e. The molecule has 0 saturated heterocycles. The van der Waals surface area contributed by atoms with Crippen LogP contribution in [0.2, 0.25) is 0 Å². The van der Waals surface area contributed by atoms with E-state index in [9.17, 15) is 4.79 Å². The van der Waals surface area contributed by atoms with Crippen molar-refractivity contribution in [1.29, 1.82) is 0 Å². The van der Waals surface area contributed by atoms with Crippen LogP contribution in [0.3, 0.4) is 0 Å². The zero-order valence-electron chi connectivity index (χ0n) is 11.5. The summed E-state index contributed by atoms with van der Waals surface area (Å²) < 4.78 is 10.8. The predicted molar refractivity (Wildman–Crippen MR) is 73.1 cm³/mol. The number of nitrogens with one attached hydrogen (secondary N) is 1.